The van der Waals surface area contributed by atoms with Gasteiger partial charge in [0.1, 0.15) is 11.6 Å². The Morgan fingerprint density at radius 1 is 1.16 bits per heavy atom. The Kier molecular flexibility index (Phi) is 4.51. The summed E-state index contributed by atoms with van der Waals surface area (Å²) in [4.78, 5) is 0. The molecule has 0 aliphatic carbocycles. The highest BCUT2D eigenvalue weighted by Gasteiger charge is 2.08. The van der Waals surface area contributed by atoms with Crippen molar-refractivity contribution in [3.63, 3.8) is 0 Å². The Bertz CT molecular complexity index is 590. The fourth-order valence-corrected chi connectivity index (χ4v) is 2.11. The minimum atomic E-state index is -0.442. The molecule has 2 nitrogen and oxygen atoms in total. The number of anilines is 1. The maximum absolute atomic E-state index is 13.0. The van der Waals surface area contributed by atoms with Crippen molar-refractivity contribution in [2.24, 2.45) is 0 Å². The molecule has 100 valence electrons. The van der Waals surface area contributed by atoms with Crippen LogP contribution in [0.4, 0.5) is 10.1 Å². The molecule has 1 N–H and O–H groups in total. The lowest BCUT2D eigenvalue weighted by molar-refractivity contribution is 0.410. The lowest BCUT2D eigenvalue weighted by Crippen LogP contribution is -2.02. The van der Waals surface area contributed by atoms with Crippen molar-refractivity contribution >= 4 is 28.9 Å². The monoisotopic (exact) mass is 299 g/mol. The van der Waals surface area contributed by atoms with Gasteiger partial charge < -0.3 is 10.1 Å². The van der Waals surface area contributed by atoms with Crippen LogP contribution in [0.3, 0.4) is 0 Å². The highest BCUT2D eigenvalue weighted by atomic mass is 35.5. The molecule has 0 spiro atoms. The second kappa shape index (κ2) is 6.13. The number of methoxy groups -OCH3 is 1. The van der Waals surface area contributed by atoms with Crippen molar-refractivity contribution in [3.05, 3.63) is 57.8 Å². The molecule has 0 amide bonds. The molecule has 2 aromatic carbocycles. The molecule has 0 aromatic heterocycles. The fraction of sp³-hybridized carbons (Fsp3) is 0.143. The van der Waals surface area contributed by atoms with Crippen molar-refractivity contribution < 1.29 is 9.13 Å². The van der Waals surface area contributed by atoms with Gasteiger partial charge in [-0.3, -0.25) is 0 Å². The van der Waals surface area contributed by atoms with Crippen LogP contribution in [-0.4, -0.2) is 7.11 Å². The van der Waals surface area contributed by atoms with Gasteiger partial charge in [0, 0.05) is 22.8 Å². The van der Waals surface area contributed by atoms with Gasteiger partial charge in [0.15, 0.2) is 0 Å². The van der Waals surface area contributed by atoms with Gasteiger partial charge in [0.25, 0.3) is 0 Å². The van der Waals surface area contributed by atoms with Crippen LogP contribution in [0.2, 0.25) is 10.0 Å². The molecule has 5 heteroatoms. The minimum absolute atomic E-state index is 0.0797. The van der Waals surface area contributed by atoms with Gasteiger partial charge in [-0.15, -0.1) is 0 Å². The van der Waals surface area contributed by atoms with Crippen molar-refractivity contribution in [3.8, 4) is 5.75 Å². The first kappa shape index (κ1) is 14.0. The van der Waals surface area contributed by atoms with E-state index in [1.54, 1.807) is 19.2 Å². The van der Waals surface area contributed by atoms with Gasteiger partial charge in [-0.25, -0.2) is 4.39 Å². The Morgan fingerprint density at radius 3 is 2.63 bits per heavy atom. The van der Waals surface area contributed by atoms with Crippen LogP contribution >= 0.6 is 23.2 Å². The van der Waals surface area contributed by atoms with Crippen LogP contribution in [0, 0.1) is 5.82 Å². The molecule has 0 saturated heterocycles. The summed E-state index contributed by atoms with van der Waals surface area (Å²) in [5, 5.41) is 3.82. The summed E-state index contributed by atoms with van der Waals surface area (Å²) in [6.07, 6.45) is 0. The molecule has 0 unspecified atom stereocenters. The van der Waals surface area contributed by atoms with Crippen molar-refractivity contribution in [1.29, 1.82) is 0 Å². The molecule has 0 heterocycles. The third-order valence-corrected chi connectivity index (χ3v) is 3.33. The lowest BCUT2D eigenvalue weighted by Gasteiger charge is -2.12. The molecule has 0 aliphatic rings. The SMILES string of the molecule is COc1cccc(Cl)c1CNc1ccc(F)c(Cl)c1. The van der Waals surface area contributed by atoms with E-state index in [0.29, 0.717) is 23.0 Å². The fourth-order valence-electron chi connectivity index (χ4n) is 1.70. The molecular formula is C14H12Cl2FNO. The van der Waals surface area contributed by atoms with Gasteiger partial charge in [-0.05, 0) is 30.3 Å². The van der Waals surface area contributed by atoms with E-state index in [2.05, 4.69) is 5.32 Å². The second-order valence-corrected chi connectivity index (χ2v) is 4.72. The number of rotatable bonds is 4. The van der Waals surface area contributed by atoms with Crippen molar-refractivity contribution in [2.75, 3.05) is 12.4 Å². The zero-order valence-electron chi connectivity index (χ0n) is 10.2. The first-order chi connectivity index (χ1) is 9.11. The first-order valence-electron chi connectivity index (χ1n) is 5.62. The molecular weight excluding hydrogens is 288 g/mol. The van der Waals surface area contributed by atoms with E-state index < -0.39 is 5.82 Å². The predicted octanol–water partition coefficient (Wildman–Crippen LogP) is 4.75. The molecule has 19 heavy (non-hydrogen) atoms. The third kappa shape index (κ3) is 3.31. The van der Waals surface area contributed by atoms with Gasteiger partial charge in [-0.1, -0.05) is 29.3 Å². The summed E-state index contributed by atoms with van der Waals surface area (Å²) in [6.45, 7) is 0.463. The molecule has 0 fully saturated rings. The van der Waals surface area contributed by atoms with E-state index in [0.717, 1.165) is 5.56 Å². The highest BCUT2D eigenvalue weighted by Crippen LogP contribution is 2.27. The minimum Gasteiger partial charge on any atom is -0.496 e. The van der Waals surface area contributed by atoms with Crippen LogP contribution in [0.25, 0.3) is 0 Å². The zero-order valence-corrected chi connectivity index (χ0v) is 11.7. The summed E-state index contributed by atoms with van der Waals surface area (Å²) in [7, 11) is 1.59. The van der Waals surface area contributed by atoms with Crippen LogP contribution in [0.1, 0.15) is 5.56 Å². The summed E-state index contributed by atoms with van der Waals surface area (Å²) < 4.78 is 18.3. The number of hydrogen-bond acceptors (Lipinski definition) is 2. The topological polar surface area (TPSA) is 21.3 Å². The molecule has 0 saturated carbocycles. The van der Waals surface area contributed by atoms with E-state index in [1.807, 2.05) is 12.1 Å². The lowest BCUT2D eigenvalue weighted by atomic mass is 10.2. The molecule has 0 radical (unpaired) electrons. The van der Waals surface area contributed by atoms with Gasteiger partial charge in [0.2, 0.25) is 0 Å². The van der Waals surface area contributed by atoms with Crippen LogP contribution in [0.5, 0.6) is 5.75 Å². The smallest absolute Gasteiger partial charge is 0.141 e. The van der Waals surface area contributed by atoms with Gasteiger partial charge in [-0.2, -0.15) is 0 Å². The third-order valence-electron chi connectivity index (χ3n) is 2.68. The standard InChI is InChI=1S/C14H12Cl2FNO/c1-19-14-4-2-3-11(15)10(14)8-18-9-5-6-13(17)12(16)7-9/h2-7,18H,8H2,1H3. The van der Waals surface area contributed by atoms with Gasteiger partial charge >= 0.3 is 0 Å². The van der Waals surface area contributed by atoms with Crippen molar-refractivity contribution in [1.82, 2.24) is 0 Å². The number of ether oxygens (including phenoxy) is 1. The van der Waals surface area contributed by atoms with Crippen LogP contribution in [-0.2, 0) is 6.54 Å². The molecule has 0 aliphatic heterocycles. The summed E-state index contributed by atoms with van der Waals surface area (Å²) in [5.74, 6) is 0.260. The molecule has 2 aromatic rings. The Morgan fingerprint density at radius 2 is 1.95 bits per heavy atom. The number of halogens is 3. The zero-order chi connectivity index (χ0) is 13.8. The molecule has 0 atom stereocenters. The average molecular weight is 300 g/mol. The van der Waals surface area contributed by atoms with Crippen LogP contribution < -0.4 is 10.1 Å². The summed E-state index contributed by atoms with van der Waals surface area (Å²) in [6, 6.07) is 9.90. The molecule has 0 bridgehead atoms. The highest BCUT2D eigenvalue weighted by molar-refractivity contribution is 6.31. The maximum Gasteiger partial charge on any atom is 0.141 e. The second-order valence-electron chi connectivity index (χ2n) is 3.90. The Balaban J connectivity index is 2.16. The van der Waals surface area contributed by atoms with E-state index in [-0.39, 0.29) is 5.02 Å². The Labute approximate surface area is 121 Å². The normalized spacial score (nSPS) is 10.3. The summed E-state index contributed by atoms with van der Waals surface area (Å²) in [5.41, 5.74) is 1.56. The maximum atomic E-state index is 13.0. The van der Waals surface area contributed by atoms with E-state index in [1.165, 1.54) is 12.1 Å². The van der Waals surface area contributed by atoms with Crippen LogP contribution in [0.15, 0.2) is 36.4 Å². The largest absolute Gasteiger partial charge is 0.496 e. The quantitative estimate of drug-likeness (QED) is 0.879. The van der Waals surface area contributed by atoms with E-state index in [9.17, 15) is 4.39 Å². The average Bonchev–Trinajstić information content (AvgIpc) is 2.41. The number of benzene rings is 2. The first-order valence-corrected chi connectivity index (χ1v) is 6.37. The number of nitrogens with one attached hydrogen (secondary N) is 1. The number of hydrogen-bond donors (Lipinski definition) is 1. The van der Waals surface area contributed by atoms with E-state index in [4.69, 9.17) is 27.9 Å². The molecule has 2 rings (SSSR count). The van der Waals surface area contributed by atoms with E-state index >= 15 is 0 Å². The van der Waals surface area contributed by atoms with Crippen molar-refractivity contribution in [2.45, 2.75) is 6.54 Å². The summed E-state index contributed by atoms with van der Waals surface area (Å²) >= 11 is 11.8. The Hall–Kier alpha value is -1.45. The predicted molar refractivity (Wildman–Crippen MR) is 76.7 cm³/mol. The van der Waals surface area contributed by atoms with Gasteiger partial charge in [0.05, 0.1) is 12.1 Å².